The number of para-hydroxylation sites is 1. The third-order valence-corrected chi connectivity index (χ3v) is 3.53. The number of benzene rings is 1. The lowest BCUT2D eigenvalue weighted by Crippen LogP contribution is -2.08. The molecule has 0 saturated heterocycles. The van der Waals surface area contributed by atoms with E-state index in [1.54, 1.807) is 0 Å². The normalized spacial score (nSPS) is 12.7. The van der Waals surface area contributed by atoms with Crippen molar-refractivity contribution >= 4 is 16.5 Å². The summed E-state index contributed by atoms with van der Waals surface area (Å²) in [6.45, 7) is 5.00. The zero-order valence-electron chi connectivity index (χ0n) is 9.16. The van der Waals surface area contributed by atoms with Gasteiger partial charge in [-0.3, -0.25) is 4.21 Å². The molecule has 0 heterocycles. The molecule has 0 bridgehead atoms. The molecule has 2 N–H and O–H groups in total. The van der Waals surface area contributed by atoms with Crippen LogP contribution in [0.3, 0.4) is 0 Å². The predicted octanol–water partition coefficient (Wildman–Crippen LogP) is 1.72. The molecule has 0 saturated carbocycles. The van der Waals surface area contributed by atoms with Gasteiger partial charge in [-0.15, -0.1) is 0 Å². The average Bonchev–Trinajstić information content (AvgIpc) is 2.22. The van der Waals surface area contributed by atoms with Crippen molar-refractivity contribution in [1.29, 1.82) is 0 Å². The van der Waals surface area contributed by atoms with Gasteiger partial charge in [0.25, 0.3) is 0 Å². The van der Waals surface area contributed by atoms with E-state index in [0.717, 1.165) is 10.5 Å². The van der Waals surface area contributed by atoms with E-state index >= 15 is 0 Å². The van der Waals surface area contributed by atoms with Crippen molar-refractivity contribution in [3.63, 3.8) is 0 Å². The van der Waals surface area contributed by atoms with Gasteiger partial charge in [0.1, 0.15) is 0 Å². The molecule has 0 aromatic heterocycles. The van der Waals surface area contributed by atoms with Crippen LogP contribution in [0, 0.1) is 6.92 Å². The van der Waals surface area contributed by atoms with E-state index < -0.39 is 10.8 Å². The number of nitrogen functional groups attached to an aromatic ring is 1. The highest BCUT2D eigenvalue weighted by molar-refractivity contribution is 7.85. The second-order valence-corrected chi connectivity index (χ2v) is 4.77. The lowest BCUT2D eigenvalue weighted by Gasteiger charge is -2.07. The topological polar surface area (TPSA) is 52.3 Å². The Kier molecular flexibility index (Phi) is 4.78. The molecule has 3 nitrogen and oxygen atoms in total. The molecule has 0 aliphatic carbocycles. The highest BCUT2D eigenvalue weighted by atomic mass is 32.2. The Bertz CT molecular complexity index is 352. The van der Waals surface area contributed by atoms with Crippen LogP contribution in [0.2, 0.25) is 0 Å². The summed E-state index contributed by atoms with van der Waals surface area (Å²) in [6, 6.07) is 5.60. The highest BCUT2D eigenvalue weighted by Crippen LogP contribution is 2.20. The SMILES string of the molecule is CCOCCS(=O)c1cccc(C)c1N. The van der Waals surface area contributed by atoms with Crippen LogP contribution >= 0.6 is 0 Å². The summed E-state index contributed by atoms with van der Waals surface area (Å²) in [5.41, 5.74) is 7.46. The number of nitrogens with two attached hydrogens (primary N) is 1. The number of rotatable bonds is 5. The Morgan fingerprint density at radius 2 is 2.20 bits per heavy atom. The number of hydrogen-bond donors (Lipinski definition) is 1. The van der Waals surface area contributed by atoms with Gasteiger partial charge in [-0.25, -0.2) is 0 Å². The minimum absolute atomic E-state index is 0.501. The number of ether oxygens (including phenoxy) is 1. The van der Waals surface area contributed by atoms with Gasteiger partial charge in [-0.05, 0) is 25.5 Å². The van der Waals surface area contributed by atoms with Crippen molar-refractivity contribution in [2.24, 2.45) is 0 Å². The number of aryl methyl sites for hydroxylation is 1. The molecule has 0 spiro atoms. The molecule has 0 aliphatic rings. The van der Waals surface area contributed by atoms with E-state index in [1.807, 2.05) is 32.0 Å². The van der Waals surface area contributed by atoms with Crippen molar-refractivity contribution in [2.45, 2.75) is 18.7 Å². The minimum Gasteiger partial charge on any atom is -0.398 e. The van der Waals surface area contributed by atoms with Gasteiger partial charge in [0.05, 0.1) is 33.7 Å². The summed E-state index contributed by atoms with van der Waals surface area (Å²) in [5.74, 6) is 0.501. The van der Waals surface area contributed by atoms with Crippen molar-refractivity contribution in [2.75, 3.05) is 24.7 Å². The van der Waals surface area contributed by atoms with Gasteiger partial charge >= 0.3 is 0 Å². The van der Waals surface area contributed by atoms with Crippen LogP contribution < -0.4 is 5.73 Å². The summed E-state index contributed by atoms with van der Waals surface area (Å²) in [6.07, 6.45) is 0. The standard InChI is InChI=1S/C11H17NO2S/c1-3-14-7-8-15(13)10-6-4-5-9(2)11(10)12/h4-6H,3,7-8,12H2,1-2H3. The van der Waals surface area contributed by atoms with E-state index in [9.17, 15) is 4.21 Å². The predicted molar refractivity (Wildman–Crippen MR) is 63.4 cm³/mol. The van der Waals surface area contributed by atoms with Crippen molar-refractivity contribution < 1.29 is 8.95 Å². The fraction of sp³-hybridized carbons (Fsp3) is 0.455. The first-order valence-electron chi connectivity index (χ1n) is 4.98. The first kappa shape index (κ1) is 12.2. The van der Waals surface area contributed by atoms with Crippen LogP contribution in [0.1, 0.15) is 12.5 Å². The zero-order chi connectivity index (χ0) is 11.3. The van der Waals surface area contributed by atoms with Gasteiger partial charge in [0, 0.05) is 6.61 Å². The Labute approximate surface area is 93.1 Å². The first-order valence-corrected chi connectivity index (χ1v) is 6.30. The summed E-state index contributed by atoms with van der Waals surface area (Å²) in [4.78, 5) is 0.717. The lowest BCUT2D eigenvalue weighted by atomic mass is 10.2. The van der Waals surface area contributed by atoms with Crippen LogP contribution in [-0.2, 0) is 15.5 Å². The number of anilines is 1. The third-order valence-electron chi connectivity index (χ3n) is 2.15. The summed E-state index contributed by atoms with van der Waals surface area (Å²) >= 11 is 0. The molecule has 1 atom stereocenters. The Balaban J connectivity index is 2.69. The summed E-state index contributed by atoms with van der Waals surface area (Å²) < 4.78 is 17.0. The van der Waals surface area contributed by atoms with Gasteiger partial charge in [-0.1, -0.05) is 12.1 Å². The van der Waals surface area contributed by atoms with Crippen LogP contribution in [0.4, 0.5) is 5.69 Å². The van der Waals surface area contributed by atoms with Gasteiger partial charge in [0.15, 0.2) is 0 Å². The van der Waals surface area contributed by atoms with Gasteiger partial charge < -0.3 is 10.5 Å². The molecule has 1 unspecified atom stereocenters. The largest absolute Gasteiger partial charge is 0.398 e. The minimum atomic E-state index is -1.06. The first-order chi connectivity index (χ1) is 7.16. The van der Waals surface area contributed by atoms with Crippen molar-refractivity contribution in [3.8, 4) is 0 Å². The zero-order valence-corrected chi connectivity index (χ0v) is 9.97. The summed E-state index contributed by atoms with van der Waals surface area (Å²) in [7, 11) is -1.06. The molecule has 1 aromatic rings. The molecule has 1 aromatic carbocycles. The molecular weight excluding hydrogens is 210 g/mol. The van der Waals surface area contributed by atoms with Crippen LogP contribution in [0.15, 0.2) is 23.1 Å². The maximum atomic E-state index is 11.8. The van der Waals surface area contributed by atoms with Crippen molar-refractivity contribution in [3.05, 3.63) is 23.8 Å². The second kappa shape index (κ2) is 5.88. The van der Waals surface area contributed by atoms with E-state index in [0.29, 0.717) is 24.7 Å². The molecule has 0 radical (unpaired) electrons. The number of hydrogen-bond acceptors (Lipinski definition) is 3. The highest BCUT2D eigenvalue weighted by Gasteiger charge is 2.08. The van der Waals surface area contributed by atoms with Gasteiger partial charge in [0.2, 0.25) is 0 Å². The fourth-order valence-corrected chi connectivity index (χ4v) is 2.37. The molecular formula is C11H17NO2S. The van der Waals surface area contributed by atoms with E-state index in [-0.39, 0.29) is 0 Å². The monoisotopic (exact) mass is 227 g/mol. The Morgan fingerprint density at radius 3 is 2.87 bits per heavy atom. The molecule has 4 heteroatoms. The Morgan fingerprint density at radius 1 is 1.47 bits per heavy atom. The molecule has 0 aliphatic heterocycles. The van der Waals surface area contributed by atoms with Crippen LogP contribution in [0.5, 0.6) is 0 Å². The lowest BCUT2D eigenvalue weighted by molar-refractivity contribution is 0.164. The van der Waals surface area contributed by atoms with Crippen molar-refractivity contribution in [1.82, 2.24) is 0 Å². The smallest absolute Gasteiger partial charge is 0.0620 e. The molecule has 0 amide bonds. The maximum absolute atomic E-state index is 11.8. The molecule has 1 rings (SSSR count). The van der Waals surface area contributed by atoms with E-state index in [1.165, 1.54) is 0 Å². The fourth-order valence-electron chi connectivity index (χ4n) is 1.24. The van der Waals surface area contributed by atoms with E-state index in [4.69, 9.17) is 10.5 Å². The van der Waals surface area contributed by atoms with Crippen LogP contribution in [0.25, 0.3) is 0 Å². The maximum Gasteiger partial charge on any atom is 0.0620 e. The quantitative estimate of drug-likeness (QED) is 0.615. The van der Waals surface area contributed by atoms with Gasteiger partial charge in [-0.2, -0.15) is 0 Å². The second-order valence-electron chi connectivity index (χ2n) is 3.23. The van der Waals surface area contributed by atoms with Crippen LogP contribution in [-0.4, -0.2) is 23.2 Å². The molecule has 84 valence electrons. The molecule has 15 heavy (non-hydrogen) atoms. The third kappa shape index (κ3) is 3.32. The average molecular weight is 227 g/mol. The summed E-state index contributed by atoms with van der Waals surface area (Å²) in [5, 5.41) is 0. The van der Waals surface area contributed by atoms with E-state index in [2.05, 4.69) is 0 Å². The Hall–Kier alpha value is -0.870. The molecule has 0 fully saturated rings.